The molecule has 0 fully saturated rings. The van der Waals surface area contributed by atoms with E-state index in [1.165, 1.54) is 12.8 Å². The molecule has 14 heavy (non-hydrogen) atoms. The molecule has 0 saturated heterocycles. The summed E-state index contributed by atoms with van der Waals surface area (Å²) in [5.74, 6) is 0. The van der Waals surface area contributed by atoms with Gasteiger partial charge in [-0.05, 0) is 25.5 Å². The van der Waals surface area contributed by atoms with Crippen LogP contribution in [0.15, 0.2) is 23.9 Å². The molecular formula is C12H22N2. The van der Waals surface area contributed by atoms with Crippen LogP contribution in [0.1, 0.15) is 39.5 Å². The Bertz CT molecular complexity index is 230. The van der Waals surface area contributed by atoms with Gasteiger partial charge >= 0.3 is 0 Å². The smallest absolute Gasteiger partial charge is 0.0422 e. The van der Waals surface area contributed by atoms with Crippen molar-refractivity contribution >= 4 is 0 Å². The maximum atomic E-state index is 5.88. The second-order valence-electron chi connectivity index (χ2n) is 4.11. The summed E-state index contributed by atoms with van der Waals surface area (Å²) in [7, 11) is 0. The Balaban J connectivity index is 2.63. The van der Waals surface area contributed by atoms with Crippen LogP contribution in [0.5, 0.6) is 0 Å². The van der Waals surface area contributed by atoms with E-state index in [9.17, 15) is 0 Å². The molecule has 2 nitrogen and oxygen atoms in total. The van der Waals surface area contributed by atoms with Gasteiger partial charge < -0.3 is 11.1 Å². The van der Waals surface area contributed by atoms with Gasteiger partial charge in [-0.25, -0.2) is 0 Å². The van der Waals surface area contributed by atoms with E-state index in [4.69, 9.17) is 5.73 Å². The van der Waals surface area contributed by atoms with Crippen LogP contribution in [0.3, 0.4) is 0 Å². The molecular weight excluding hydrogens is 172 g/mol. The molecule has 0 heterocycles. The zero-order chi connectivity index (χ0) is 10.4. The number of allylic oxidation sites excluding steroid dienone is 2. The fourth-order valence-electron chi connectivity index (χ4n) is 2.04. The summed E-state index contributed by atoms with van der Waals surface area (Å²) in [6.07, 6.45) is 10.8. The molecule has 0 spiro atoms. The summed E-state index contributed by atoms with van der Waals surface area (Å²) in [4.78, 5) is 0. The molecule has 0 radical (unpaired) electrons. The number of nitrogens with two attached hydrogens (primary N) is 1. The van der Waals surface area contributed by atoms with Gasteiger partial charge in [0.25, 0.3) is 0 Å². The average molecular weight is 194 g/mol. The van der Waals surface area contributed by atoms with Crippen molar-refractivity contribution in [2.45, 2.75) is 45.1 Å². The molecule has 80 valence electrons. The van der Waals surface area contributed by atoms with Crippen LogP contribution < -0.4 is 11.1 Å². The zero-order valence-corrected chi connectivity index (χ0v) is 9.34. The van der Waals surface area contributed by atoms with Gasteiger partial charge in [0.2, 0.25) is 0 Å². The molecule has 1 atom stereocenters. The van der Waals surface area contributed by atoms with Crippen molar-refractivity contribution in [1.29, 1.82) is 0 Å². The lowest BCUT2D eigenvalue weighted by atomic mass is 9.85. The van der Waals surface area contributed by atoms with E-state index in [1.54, 1.807) is 0 Å². The summed E-state index contributed by atoms with van der Waals surface area (Å²) in [6.45, 7) is 5.48. The third-order valence-electron chi connectivity index (χ3n) is 2.67. The highest BCUT2D eigenvalue weighted by atomic mass is 15.0. The fraction of sp³-hybridized carbons (Fsp3) is 0.667. The van der Waals surface area contributed by atoms with Crippen LogP contribution >= 0.6 is 0 Å². The third kappa shape index (κ3) is 2.88. The van der Waals surface area contributed by atoms with E-state index in [-0.39, 0.29) is 5.54 Å². The predicted octanol–water partition coefficient (Wildman–Crippen LogP) is 2.33. The highest BCUT2D eigenvalue weighted by Crippen LogP contribution is 2.25. The molecule has 0 saturated carbocycles. The fourth-order valence-corrected chi connectivity index (χ4v) is 2.04. The molecule has 3 N–H and O–H groups in total. The van der Waals surface area contributed by atoms with Crippen LogP contribution in [0.2, 0.25) is 0 Å². The van der Waals surface area contributed by atoms with E-state index in [2.05, 4.69) is 31.3 Å². The van der Waals surface area contributed by atoms with E-state index in [0.717, 1.165) is 25.1 Å². The van der Waals surface area contributed by atoms with Crippen molar-refractivity contribution in [3.8, 4) is 0 Å². The largest absolute Gasteiger partial charge is 0.402 e. The van der Waals surface area contributed by atoms with E-state index in [0.29, 0.717) is 0 Å². The summed E-state index contributed by atoms with van der Waals surface area (Å²) in [5, 5.41) is 3.61. The first kappa shape index (κ1) is 11.3. The molecule has 0 aromatic rings. The maximum absolute atomic E-state index is 5.88. The third-order valence-corrected chi connectivity index (χ3v) is 2.67. The minimum atomic E-state index is 0.129. The number of rotatable bonds is 5. The monoisotopic (exact) mass is 194 g/mol. The van der Waals surface area contributed by atoms with Gasteiger partial charge in [-0.3, -0.25) is 0 Å². The van der Waals surface area contributed by atoms with Gasteiger partial charge in [0.1, 0.15) is 0 Å². The molecule has 1 aliphatic carbocycles. The van der Waals surface area contributed by atoms with Gasteiger partial charge in [0.15, 0.2) is 0 Å². The molecule has 1 unspecified atom stereocenters. The normalized spacial score (nSPS) is 26.3. The second-order valence-corrected chi connectivity index (χ2v) is 4.11. The van der Waals surface area contributed by atoms with Crippen molar-refractivity contribution in [2.24, 2.45) is 5.73 Å². The molecule has 2 heteroatoms. The summed E-state index contributed by atoms with van der Waals surface area (Å²) in [6, 6.07) is 0. The molecule has 0 aliphatic heterocycles. The van der Waals surface area contributed by atoms with Crippen molar-refractivity contribution < 1.29 is 0 Å². The summed E-state index contributed by atoms with van der Waals surface area (Å²) in [5.41, 5.74) is 7.00. The Morgan fingerprint density at radius 3 is 2.79 bits per heavy atom. The lowest BCUT2D eigenvalue weighted by Gasteiger charge is -2.34. The minimum absolute atomic E-state index is 0.129. The van der Waals surface area contributed by atoms with Gasteiger partial charge in [0, 0.05) is 17.7 Å². The maximum Gasteiger partial charge on any atom is 0.0422 e. The number of hydrogen-bond donors (Lipinski definition) is 2. The van der Waals surface area contributed by atoms with Gasteiger partial charge in [-0.2, -0.15) is 0 Å². The minimum Gasteiger partial charge on any atom is -0.402 e. The second kappa shape index (κ2) is 5.20. The SMILES string of the molecule is CCCNC1(CCC)C=CC=C(N)C1. The van der Waals surface area contributed by atoms with Crippen LogP contribution in [-0.4, -0.2) is 12.1 Å². The number of nitrogens with one attached hydrogen (secondary N) is 1. The number of hydrogen-bond acceptors (Lipinski definition) is 2. The van der Waals surface area contributed by atoms with Crippen molar-refractivity contribution in [3.05, 3.63) is 23.9 Å². The molecule has 0 amide bonds. The predicted molar refractivity (Wildman–Crippen MR) is 62.0 cm³/mol. The van der Waals surface area contributed by atoms with Gasteiger partial charge in [-0.15, -0.1) is 0 Å². The highest BCUT2D eigenvalue weighted by molar-refractivity contribution is 5.25. The van der Waals surface area contributed by atoms with E-state index >= 15 is 0 Å². The van der Waals surface area contributed by atoms with Crippen LogP contribution in [0.4, 0.5) is 0 Å². The first-order valence-corrected chi connectivity index (χ1v) is 5.61. The van der Waals surface area contributed by atoms with E-state index in [1.807, 2.05) is 6.08 Å². The Morgan fingerprint density at radius 2 is 2.21 bits per heavy atom. The first-order chi connectivity index (χ1) is 6.72. The Morgan fingerprint density at radius 1 is 1.43 bits per heavy atom. The zero-order valence-electron chi connectivity index (χ0n) is 9.34. The van der Waals surface area contributed by atoms with Gasteiger partial charge in [-0.1, -0.05) is 32.4 Å². The van der Waals surface area contributed by atoms with Crippen molar-refractivity contribution in [2.75, 3.05) is 6.54 Å². The lowest BCUT2D eigenvalue weighted by molar-refractivity contribution is 0.364. The van der Waals surface area contributed by atoms with Crippen LogP contribution in [-0.2, 0) is 0 Å². The van der Waals surface area contributed by atoms with Gasteiger partial charge in [0.05, 0.1) is 0 Å². The van der Waals surface area contributed by atoms with Crippen molar-refractivity contribution in [1.82, 2.24) is 5.32 Å². The van der Waals surface area contributed by atoms with Crippen molar-refractivity contribution in [3.63, 3.8) is 0 Å². The summed E-state index contributed by atoms with van der Waals surface area (Å²) < 4.78 is 0. The quantitative estimate of drug-likeness (QED) is 0.705. The Hall–Kier alpha value is -0.760. The summed E-state index contributed by atoms with van der Waals surface area (Å²) >= 11 is 0. The van der Waals surface area contributed by atoms with Crippen LogP contribution in [0.25, 0.3) is 0 Å². The standard InChI is InChI=1S/C12H22N2/c1-3-7-12(14-9-4-2)8-5-6-11(13)10-12/h5-6,8,14H,3-4,7,9-10,13H2,1-2H3. The highest BCUT2D eigenvalue weighted by Gasteiger charge is 2.27. The first-order valence-electron chi connectivity index (χ1n) is 5.61. The molecule has 1 rings (SSSR count). The lowest BCUT2D eigenvalue weighted by Crippen LogP contribution is -2.45. The Labute approximate surface area is 87.3 Å². The van der Waals surface area contributed by atoms with E-state index < -0.39 is 0 Å². The Kier molecular flexibility index (Phi) is 4.21. The topological polar surface area (TPSA) is 38.0 Å². The van der Waals surface area contributed by atoms with Crippen LogP contribution in [0, 0.1) is 0 Å². The molecule has 0 aromatic heterocycles. The molecule has 0 aromatic carbocycles. The molecule has 1 aliphatic rings. The molecule has 0 bridgehead atoms. The average Bonchev–Trinajstić information content (AvgIpc) is 2.15.